The summed E-state index contributed by atoms with van der Waals surface area (Å²) in [5, 5.41) is 0. The van der Waals surface area contributed by atoms with Crippen molar-refractivity contribution in [3.8, 4) is 0 Å². The molecule has 1 atom stereocenters. The summed E-state index contributed by atoms with van der Waals surface area (Å²) >= 11 is 0. The summed E-state index contributed by atoms with van der Waals surface area (Å²) in [6, 6.07) is 0. The molecule has 25 heavy (non-hydrogen) atoms. The Morgan fingerprint density at radius 2 is 0.760 bits per heavy atom. The molecule has 0 saturated heterocycles. The van der Waals surface area contributed by atoms with Gasteiger partial charge in [-0.1, -0.05) is 129 Å². The van der Waals surface area contributed by atoms with Crippen LogP contribution in [0.3, 0.4) is 0 Å². The van der Waals surface area contributed by atoms with Crippen molar-refractivity contribution in [1.82, 2.24) is 0 Å². The van der Waals surface area contributed by atoms with E-state index in [1.165, 1.54) is 122 Å². The predicted octanol–water partition coefficient (Wildman–Crippen LogP) is 8.64. The van der Waals surface area contributed by atoms with E-state index >= 15 is 0 Å². The van der Waals surface area contributed by atoms with Gasteiger partial charge in [-0.15, -0.1) is 0 Å². The van der Waals surface area contributed by atoms with Gasteiger partial charge in [0.1, 0.15) is 6.29 Å². The van der Waals surface area contributed by atoms with Gasteiger partial charge in [0.05, 0.1) is 0 Å². The first-order valence-corrected chi connectivity index (χ1v) is 11.8. The second-order valence-corrected chi connectivity index (χ2v) is 8.13. The Morgan fingerprint density at radius 1 is 0.480 bits per heavy atom. The maximum atomic E-state index is 11.2. The summed E-state index contributed by atoms with van der Waals surface area (Å²) in [7, 11) is 0. The number of rotatable bonds is 21. The van der Waals surface area contributed by atoms with E-state index in [0.29, 0.717) is 5.92 Å². The van der Waals surface area contributed by atoms with Gasteiger partial charge in [0, 0.05) is 5.92 Å². The van der Waals surface area contributed by atoms with Gasteiger partial charge in [-0.2, -0.15) is 0 Å². The van der Waals surface area contributed by atoms with E-state index in [1.807, 2.05) is 0 Å². The number of carbonyl (C=O) groups is 1. The summed E-state index contributed by atoms with van der Waals surface area (Å²) in [5.41, 5.74) is 0. The molecular weight excluding hydrogens is 304 g/mol. The van der Waals surface area contributed by atoms with Crippen LogP contribution in [0.2, 0.25) is 0 Å². The Balaban J connectivity index is 3.29. The first-order chi connectivity index (χ1) is 12.3. The summed E-state index contributed by atoms with van der Waals surface area (Å²) < 4.78 is 0. The normalized spacial score (nSPS) is 12.4. The van der Waals surface area contributed by atoms with Crippen LogP contribution in [-0.2, 0) is 4.79 Å². The van der Waals surface area contributed by atoms with Crippen LogP contribution < -0.4 is 0 Å². The standard InChI is InChI=1S/C24H48O/c1-3-5-7-9-11-13-14-16-18-20-22-24(23-25)21-19-17-15-12-10-8-6-4-2/h23-24H,3-22H2,1-2H3/t24-/m0/s1. The third-order valence-corrected chi connectivity index (χ3v) is 5.55. The summed E-state index contributed by atoms with van der Waals surface area (Å²) in [4.78, 5) is 11.2. The number of aldehydes is 1. The van der Waals surface area contributed by atoms with E-state index in [2.05, 4.69) is 13.8 Å². The molecule has 0 aliphatic carbocycles. The van der Waals surface area contributed by atoms with E-state index in [0.717, 1.165) is 12.8 Å². The fourth-order valence-corrected chi connectivity index (χ4v) is 3.71. The molecule has 0 aliphatic rings. The van der Waals surface area contributed by atoms with Crippen LogP contribution in [0.5, 0.6) is 0 Å². The maximum absolute atomic E-state index is 11.2. The first kappa shape index (κ1) is 24.7. The Hall–Kier alpha value is -0.330. The van der Waals surface area contributed by atoms with E-state index in [1.54, 1.807) is 0 Å². The molecule has 0 heterocycles. The van der Waals surface area contributed by atoms with Gasteiger partial charge >= 0.3 is 0 Å². The molecule has 0 spiro atoms. The monoisotopic (exact) mass is 352 g/mol. The van der Waals surface area contributed by atoms with Crippen molar-refractivity contribution in [2.75, 3.05) is 0 Å². The molecule has 0 amide bonds. The van der Waals surface area contributed by atoms with Crippen molar-refractivity contribution in [3.05, 3.63) is 0 Å². The number of unbranched alkanes of at least 4 members (excludes halogenated alkanes) is 16. The first-order valence-electron chi connectivity index (χ1n) is 11.8. The van der Waals surface area contributed by atoms with Gasteiger partial charge in [0.15, 0.2) is 0 Å². The number of hydrogen-bond acceptors (Lipinski definition) is 1. The van der Waals surface area contributed by atoms with Crippen LogP contribution in [0.1, 0.15) is 142 Å². The zero-order valence-corrected chi connectivity index (χ0v) is 17.7. The summed E-state index contributed by atoms with van der Waals surface area (Å²) in [6.45, 7) is 4.55. The van der Waals surface area contributed by atoms with Crippen molar-refractivity contribution in [1.29, 1.82) is 0 Å². The lowest BCUT2D eigenvalue weighted by atomic mass is 9.95. The van der Waals surface area contributed by atoms with Gasteiger partial charge in [0.2, 0.25) is 0 Å². The maximum Gasteiger partial charge on any atom is 0.123 e. The molecule has 0 radical (unpaired) electrons. The summed E-state index contributed by atoms with van der Waals surface area (Å²) in [6.07, 6.45) is 28.2. The van der Waals surface area contributed by atoms with Gasteiger partial charge in [-0.3, -0.25) is 0 Å². The molecule has 0 saturated carbocycles. The highest BCUT2D eigenvalue weighted by atomic mass is 16.1. The Morgan fingerprint density at radius 3 is 1.04 bits per heavy atom. The number of carbonyl (C=O) groups excluding carboxylic acids is 1. The van der Waals surface area contributed by atoms with Crippen LogP contribution >= 0.6 is 0 Å². The lowest BCUT2D eigenvalue weighted by molar-refractivity contribution is -0.111. The van der Waals surface area contributed by atoms with Crippen LogP contribution in [0.4, 0.5) is 0 Å². The van der Waals surface area contributed by atoms with E-state index in [9.17, 15) is 4.79 Å². The number of hydrogen-bond donors (Lipinski definition) is 0. The van der Waals surface area contributed by atoms with Crippen LogP contribution in [0, 0.1) is 5.92 Å². The zero-order valence-electron chi connectivity index (χ0n) is 17.7. The third kappa shape index (κ3) is 19.8. The van der Waals surface area contributed by atoms with Crippen molar-refractivity contribution in [2.24, 2.45) is 5.92 Å². The second-order valence-electron chi connectivity index (χ2n) is 8.13. The highest BCUT2D eigenvalue weighted by Crippen LogP contribution is 2.18. The minimum atomic E-state index is 0.342. The van der Waals surface area contributed by atoms with E-state index in [4.69, 9.17) is 0 Å². The Bertz CT molecular complexity index is 248. The molecule has 0 aromatic carbocycles. The quantitative estimate of drug-likeness (QED) is 0.149. The molecule has 1 nitrogen and oxygen atoms in total. The zero-order chi connectivity index (χ0) is 18.4. The highest BCUT2D eigenvalue weighted by Gasteiger charge is 2.06. The predicted molar refractivity (Wildman–Crippen MR) is 113 cm³/mol. The average molecular weight is 353 g/mol. The Kier molecular flexibility index (Phi) is 21.4. The van der Waals surface area contributed by atoms with Crippen molar-refractivity contribution >= 4 is 6.29 Å². The fourth-order valence-electron chi connectivity index (χ4n) is 3.71. The fraction of sp³-hybridized carbons (Fsp3) is 0.958. The van der Waals surface area contributed by atoms with Gasteiger partial charge in [-0.25, -0.2) is 0 Å². The lowest BCUT2D eigenvalue weighted by Gasteiger charge is -2.10. The SMILES string of the molecule is CCCCCCCCCCCC[C@@H](C=O)CCCCCCCCCC. The van der Waals surface area contributed by atoms with Gasteiger partial charge in [-0.05, 0) is 12.8 Å². The largest absolute Gasteiger partial charge is 0.303 e. The lowest BCUT2D eigenvalue weighted by Crippen LogP contribution is -2.02. The topological polar surface area (TPSA) is 17.1 Å². The van der Waals surface area contributed by atoms with Gasteiger partial charge in [0.25, 0.3) is 0 Å². The van der Waals surface area contributed by atoms with Crippen LogP contribution in [-0.4, -0.2) is 6.29 Å². The summed E-state index contributed by atoms with van der Waals surface area (Å²) in [5.74, 6) is 0.342. The molecule has 150 valence electrons. The molecule has 0 unspecified atom stereocenters. The molecule has 0 N–H and O–H groups in total. The van der Waals surface area contributed by atoms with Crippen molar-refractivity contribution in [3.63, 3.8) is 0 Å². The molecule has 0 fully saturated rings. The molecular formula is C24H48O. The minimum Gasteiger partial charge on any atom is -0.303 e. The molecule has 1 heteroatoms. The van der Waals surface area contributed by atoms with Crippen molar-refractivity contribution < 1.29 is 4.79 Å². The average Bonchev–Trinajstić information content (AvgIpc) is 2.63. The van der Waals surface area contributed by atoms with Crippen LogP contribution in [0.25, 0.3) is 0 Å². The molecule has 0 rings (SSSR count). The molecule has 0 aliphatic heterocycles. The second kappa shape index (κ2) is 21.7. The Labute approximate surface area is 159 Å². The molecule has 0 bridgehead atoms. The van der Waals surface area contributed by atoms with Crippen molar-refractivity contribution in [2.45, 2.75) is 142 Å². The van der Waals surface area contributed by atoms with Crippen LogP contribution in [0.15, 0.2) is 0 Å². The van der Waals surface area contributed by atoms with E-state index in [-0.39, 0.29) is 0 Å². The smallest absolute Gasteiger partial charge is 0.123 e. The van der Waals surface area contributed by atoms with E-state index < -0.39 is 0 Å². The highest BCUT2D eigenvalue weighted by molar-refractivity contribution is 5.53. The molecule has 0 aromatic rings. The minimum absolute atomic E-state index is 0.342. The molecule has 0 aromatic heterocycles. The van der Waals surface area contributed by atoms with Gasteiger partial charge < -0.3 is 4.79 Å². The third-order valence-electron chi connectivity index (χ3n) is 5.55.